The average Bonchev–Trinajstić information content (AvgIpc) is 3.18. The summed E-state index contributed by atoms with van der Waals surface area (Å²) < 4.78 is 2.18. The maximum Gasteiger partial charge on any atom is 0.191 e. The van der Waals surface area contributed by atoms with Gasteiger partial charge in [-0.3, -0.25) is 4.99 Å². The molecule has 1 aromatic heterocycles. The van der Waals surface area contributed by atoms with Gasteiger partial charge in [-0.2, -0.15) is 0 Å². The summed E-state index contributed by atoms with van der Waals surface area (Å²) in [5.74, 6) is 0.794. The van der Waals surface area contributed by atoms with Crippen LogP contribution in [0.2, 0.25) is 0 Å². The summed E-state index contributed by atoms with van der Waals surface area (Å²) in [4.78, 5) is 8.76. The lowest BCUT2D eigenvalue weighted by Crippen LogP contribution is -2.36. The number of nitrogens with one attached hydrogen (secondary N) is 2. The zero-order valence-electron chi connectivity index (χ0n) is 16.5. The van der Waals surface area contributed by atoms with Crippen molar-refractivity contribution in [1.29, 1.82) is 0 Å². The second-order valence-corrected chi connectivity index (χ2v) is 6.94. The minimum Gasteiger partial charge on any atom is -0.352 e. The lowest BCUT2D eigenvalue weighted by Gasteiger charge is -2.12. The van der Waals surface area contributed by atoms with Gasteiger partial charge >= 0.3 is 0 Å². The molecule has 146 valence electrons. The van der Waals surface area contributed by atoms with Crippen LogP contribution in [0.3, 0.4) is 0 Å². The van der Waals surface area contributed by atoms with Gasteiger partial charge in [0, 0.05) is 26.7 Å². The predicted octanol–water partition coefficient (Wildman–Crippen LogP) is 3.95. The Hall–Kier alpha value is -3.60. The summed E-state index contributed by atoms with van der Waals surface area (Å²) >= 11 is 0. The van der Waals surface area contributed by atoms with Gasteiger partial charge in [0.15, 0.2) is 5.96 Å². The molecular weight excluding hydrogens is 358 g/mol. The standard InChI is InChI=1S/C24H25N5/c1-25-24(26-15-19-7-3-2-4-8-19)27-16-20-11-13-21(14-12-20)17-29-18-28-22-9-5-6-10-23(22)29/h2-14,18H,15-17H2,1H3,(H2,25,26,27). The topological polar surface area (TPSA) is 54.2 Å². The third kappa shape index (κ3) is 4.82. The van der Waals surface area contributed by atoms with Crippen LogP contribution in [-0.2, 0) is 19.6 Å². The fourth-order valence-corrected chi connectivity index (χ4v) is 3.28. The highest BCUT2D eigenvalue weighted by Crippen LogP contribution is 2.14. The summed E-state index contributed by atoms with van der Waals surface area (Å²) in [6.45, 7) is 2.29. The van der Waals surface area contributed by atoms with Crippen LogP contribution in [0.4, 0.5) is 0 Å². The van der Waals surface area contributed by atoms with E-state index in [2.05, 4.69) is 67.6 Å². The van der Waals surface area contributed by atoms with Crippen molar-refractivity contribution in [1.82, 2.24) is 20.2 Å². The molecule has 0 saturated carbocycles. The molecule has 4 rings (SSSR count). The number of imidazole rings is 1. The molecule has 1 heterocycles. The summed E-state index contributed by atoms with van der Waals surface area (Å²) in [5, 5.41) is 6.71. The van der Waals surface area contributed by atoms with Gasteiger partial charge in [-0.05, 0) is 28.8 Å². The molecule has 29 heavy (non-hydrogen) atoms. The molecule has 0 fully saturated rings. The lowest BCUT2D eigenvalue weighted by atomic mass is 10.1. The van der Waals surface area contributed by atoms with Gasteiger partial charge < -0.3 is 15.2 Å². The molecule has 0 aliphatic heterocycles. The number of aromatic nitrogens is 2. The molecule has 0 aliphatic carbocycles. The number of aliphatic imine (C=N–C) groups is 1. The number of hydrogen-bond donors (Lipinski definition) is 2. The number of rotatable bonds is 6. The fraction of sp³-hybridized carbons (Fsp3) is 0.167. The van der Waals surface area contributed by atoms with E-state index in [1.165, 1.54) is 16.7 Å². The molecule has 5 heteroatoms. The Kier molecular flexibility index (Phi) is 5.86. The number of para-hydroxylation sites is 2. The summed E-state index contributed by atoms with van der Waals surface area (Å²) in [7, 11) is 1.79. The van der Waals surface area contributed by atoms with Crippen LogP contribution >= 0.6 is 0 Å². The normalized spacial score (nSPS) is 11.6. The van der Waals surface area contributed by atoms with E-state index in [1.807, 2.05) is 42.7 Å². The van der Waals surface area contributed by atoms with Gasteiger partial charge in [-0.1, -0.05) is 66.7 Å². The summed E-state index contributed by atoms with van der Waals surface area (Å²) in [5.41, 5.74) is 5.89. The second kappa shape index (κ2) is 9.06. The van der Waals surface area contributed by atoms with E-state index in [-0.39, 0.29) is 0 Å². The molecule has 0 atom stereocenters. The van der Waals surface area contributed by atoms with E-state index in [9.17, 15) is 0 Å². The summed E-state index contributed by atoms with van der Waals surface area (Å²) in [6, 6.07) is 27.2. The van der Waals surface area contributed by atoms with Gasteiger partial charge in [0.1, 0.15) is 0 Å². The number of guanidine groups is 1. The molecule has 0 amide bonds. The molecule has 0 unspecified atom stereocenters. The average molecular weight is 383 g/mol. The molecule has 0 bridgehead atoms. The van der Waals surface area contributed by atoms with Crippen molar-refractivity contribution in [2.45, 2.75) is 19.6 Å². The maximum atomic E-state index is 4.46. The first-order valence-corrected chi connectivity index (χ1v) is 9.78. The molecular formula is C24H25N5. The zero-order chi connectivity index (χ0) is 19.9. The van der Waals surface area contributed by atoms with Crippen molar-refractivity contribution in [2.24, 2.45) is 4.99 Å². The molecule has 5 nitrogen and oxygen atoms in total. The molecule has 0 radical (unpaired) electrons. The van der Waals surface area contributed by atoms with Gasteiger partial charge in [0.2, 0.25) is 0 Å². The van der Waals surface area contributed by atoms with E-state index < -0.39 is 0 Å². The van der Waals surface area contributed by atoms with Gasteiger partial charge in [0.05, 0.1) is 17.4 Å². The number of fused-ring (bicyclic) bond motifs is 1. The Labute approximate surface area is 171 Å². The number of benzene rings is 3. The molecule has 0 aliphatic rings. The number of hydrogen-bond acceptors (Lipinski definition) is 2. The minimum atomic E-state index is 0.725. The van der Waals surface area contributed by atoms with Gasteiger partial charge in [0.25, 0.3) is 0 Å². The van der Waals surface area contributed by atoms with Crippen LogP contribution in [0.1, 0.15) is 16.7 Å². The maximum absolute atomic E-state index is 4.46. The Morgan fingerprint density at radius 2 is 1.41 bits per heavy atom. The summed E-state index contributed by atoms with van der Waals surface area (Å²) in [6.07, 6.45) is 1.91. The highest BCUT2D eigenvalue weighted by atomic mass is 15.2. The zero-order valence-corrected chi connectivity index (χ0v) is 16.5. The highest BCUT2D eigenvalue weighted by Gasteiger charge is 2.03. The predicted molar refractivity (Wildman–Crippen MR) is 119 cm³/mol. The van der Waals surface area contributed by atoms with E-state index in [4.69, 9.17) is 0 Å². The van der Waals surface area contributed by atoms with Crippen LogP contribution in [0.5, 0.6) is 0 Å². The SMILES string of the molecule is CN=C(NCc1ccccc1)NCc1ccc(Cn2cnc3ccccc32)cc1. The van der Waals surface area contributed by atoms with Crippen molar-refractivity contribution in [3.05, 3.63) is 102 Å². The fourth-order valence-electron chi connectivity index (χ4n) is 3.28. The van der Waals surface area contributed by atoms with Crippen LogP contribution in [-0.4, -0.2) is 22.6 Å². The molecule has 2 N–H and O–H groups in total. The van der Waals surface area contributed by atoms with Crippen LogP contribution < -0.4 is 10.6 Å². The first kappa shape index (κ1) is 18.7. The lowest BCUT2D eigenvalue weighted by molar-refractivity contribution is 0.804. The monoisotopic (exact) mass is 383 g/mol. The molecule has 0 saturated heterocycles. The van der Waals surface area contributed by atoms with E-state index >= 15 is 0 Å². The first-order chi connectivity index (χ1) is 14.3. The van der Waals surface area contributed by atoms with Crippen molar-refractivity contribution in [3.8, 4) is 0 Å². The second-order valence-electron chi connectivity index (χ2n) is 6.94. The Bertz CT molecular complexity index is 1080. The molecule has 0 spiro atoms. The highest BCUT2D eigenvalue weighted by molar-refractivity contribution is 5.79. The number of nitrogens with zero attached hydrogens (tertiary/aromatic N) is 3. The van der Waals surface area contributed by atoms with E-state index in [0.29, 0.717) is 0 Å². The van der Waals surface area contributed by atoms with E-state index in [1.54, 1.807) is 7.05 Å². The molecule has 4 aromatic rings. The van der Waals surface area contributed by atoms with Crippen LogP contribution in [0, 0.1) is 0 Å². The third-order valence-corrected chi connectivity index (χ3v) is 4.89. The minimum absolute atomic E-state index is 0.725. The van der Waals surface area contributed by atoms with Gasteiger partial charge in [-0.15, -0.1) is 0 Å². The van der Waals surface area contributed by atoms with Crippen molar-refractivity contribution < 1.29 is 0 Å². The van der Waals surface area contributed by atoms with Crippen molar-refractivity contribution in [3.63, 3.8) is 0 Å². The van der Waals surface area contributed by atoms with E-state index in [0.717, 1.165) is 36.6 Å². The third-order valence-electron chi connectivity index (χ3n) is 4.89. The Balaban J connectivity index is 1.32. The quantitative estimate of drug-likeness (QED) is 0.392. The van der Waals surface area contributed by atoms with Crippen LogP contribution in [0.15, 0.2) is 90.2 Å². The smallest absolute Gasteiger partial charge is 0.191 e. The van der Waals surface area contributed by atoms with Crippen molar-refractivity contribution >= 4 is 17.0 Å². The van der Waals surface area contributed by atoms with Crippen LogP contribution in [0.25, 0.3) is 11.0 Å². The largest absolute Gasteiger partial charge is 0.352 e. The first-order valence-electron chi connectivity index (χ1n) is 9.78. The Morgan fingerprint density at radius 3 is 2.14 bits per heavy atom. The van der Waals surface area contributed by atoms with Gasteiger partial charge in [-0.25, -0.2) is 4.98 Å². The van der Waals surface area contributed by atoms with Crippen molar-refractivity contribution in [2.75, 3.05) is 7.05 Å². The molecule has 3 aromatic carbocycles. The Morgan fingerprint density at radius 1 is 0.793 bits per heavy atom.